The minimum absolute atomic E-state index is 0.0804. The highest BCUT2D eigenvalue weighted by Gasteiger charge is 2.08. The number of sulfonamides is 1. The van der Waals surface area contributed by atoms with Crippen molar-refractivity contribution in [1.29, 1.82) is 0 Å². The molecule has 0 saturated carbocycles. The average Bonchev–Trinajstić information content (AvgIpc) is 2.59. The Morgan fingerprint density at radius 2 is 1.85 bits per heavy atom. The molecule has 3 rings (SSSR count). The number of primary sulfonamides is 1. The van der Waals surface area contributed by atoms with E-state index in [1.165, 1.54) is 18.5 Å². The van der Waals surface area contributed by atoms with Crippen LogP contribution in [0.25, 0.3) is 0 Å². The fraction of sp³-hybridized carbons (Fsp3) is 0.111. The van der Waals surface area contributed by atoms with E-state index in [1.807, 2.05) is 31.2 Å². The first-order valence-electron chi connectivity index (χ1n) is 8.01. The third-order valence-electron chi connectivity index (χ3n) is 3.68. The van der Waals surface area contributed by atoms with Gasteiger partial charge in [0.25, 0.3) is 0 Å². The topological polar surface area (TPSA) is 110 Å². The van der Waals surface area contributed by atoms with Crippen molar-refractivity contribution in [3.8, 4) is 0 Å². The molecule has 1 aromatic heterocycles. The first-order chi connectivity index (χ1) is 12.8. The normalized spacial score (nSPS) is 11.2. The predicted molar refractivity (Wildman–Crippen MR) is 109 cm³/mol. The van der Waals surface area contributed by atoms with Gasteiger partial charge in [-0.1, -0.05) is 28.1 Å². The van der Waals surface area contributed by atoms with Crippen molar-refractivity contribution in [3.05, 3.63) is 70.5 Å². The van der Waals surface area contributed by atoms with Gasteiger partial charge in [-0.3, -0.25) is 0 Å². The molecule has 0 bridgehead atoms. The smallest absolute Gasteiger partial charge is 0.238 e. The first-order valence-corrected chi connectivity index (χ1v) is 10.4. The van der Waals surface area contributed by atoms with E-state index in [-0.39, 0.29) is 4.90 Å². The zero-order chi connectivity index (χ0) is 19.4. The predicted octanol–water partition coefficient (Wildman–Crippen LogP) is 3.55. The van der Waals surface area contributed by atoms with Crippen molar-refractivity contribution in [2.24, 2.45) is 5.14 Å². The van der Waals surface area contributed by atoms with Crippen LogP contribution >= 0.6 is 15.9 Å². The lowest BCUT2D eigenvalue weighted by Crippen LogP contribution is -2.12. The van der Waals surface area contributed by atoms with E-state index in [2.05, 4.69) is 36.5 Å². The molecule has 0 amide bonds. The number of aromatic nitrogens is 2. The van der Waals surface area contributed by atoms with Gasteiger partial charge in [-0.15, -0.1) is 0 Å². The molecule has 0 spiro atoms. The summed E-state index contributed by atoms with van der Waals surface area (Å²) in [5.74, 6) is 1.25. The Hall–Kier alpha value is -2.49. The number of nitrogens with one attached hydrogen (secondary N) is 2. The third-order valence-corrected chi connectivity index (χ3v) is 5.05. The molecule has 0 aliphatic carbocycles. The molecule has 0 fully saturated rings. The number of nitrogens with zero attached hydrogens (tertiary/aromatic N) is 2. The van der Waals surface area contributed by atoms with Crippen LogP contribution in [0.3, 0.4) is 0 Å². The molecule has 0 radical (unpaired) electrons. The lowest BCUT2D eigenvalue weighted by atomic mass is 10.2. The molecular weight excluding hydrogens is 430 g/mol. The van der Waals surface area contributed by atoms with Gasteiger partial charge < -0.3 is 10.6 Å². The monoisotopic (exact) mass is 447 g/mol. The van der Waals surface area contributed by atoms with Crippen LogP contribution in [-0.4, -0.2) is 18.4 Å². The molecule has 0 atom stereocenters. The van der Waals surface area contributed by atoms with Gasteiger partial charge in [0.1, 0.15) is 18.0 Å². The Kier molecular flexibility index (Phi) is 5.73. The summed E-state index contributed by atoms with van der Waals surface area (Å²) in [5.41, 5.74) is 2.80. The van der Waals surface area contributed by atoms with Crippen LogP contribution in [0.1, 0.15) is 11.1 Å². The third kappa shape index (κ3) is 5.49. The molecule has 2 aromatic carbocycles. The Morgan fingerprint density at radius 1 is 1.07 bits per heavy atom. The van der Waals surface area contributed by atoms with E-state index < -0.39 is 10.0 Å². The number of rotatable bonds is 6. The number of halogens is 1. The van der Waals surface area contributed by atoms with Gasteiger partial charge in [-0.2, -0.15) is 0 Å². The molecule has 7 nitrogen and oxygen atoms in total. The average molecular weight is 448 g/mol. The fourth-order valence-corrected chi connectivity index (χ4v) is 3.70. The molecule has 0 unspecified atom stereocenters. The summed E-state index contributed by atoms with van der Waals surface area (Å²) >= 11 is 3.47. The number of anilines is 3. The maximum Gasteiger partial charge on any atom is 0.238 e. The summed E-state index contributed by atoms with van der Waals surface area (Å²) in [4.78, 5) is 8.49. The summed E-state index contributed by atoms with van der Waals surface area (Å²) in [7, 11) is -3.72. The maximum absolute atomic E-state index is 11.5. The second-order valence-corrected chi connectivity index (χ2v) is 8.45. The summed E-state index contributed by atoms with van der Waals surface area (Å²) in [6.45, 7) is 2.41. The van der Waals surface area contributed by atoms with Crippen molar-refractivity contribution in [3.63, 3.8) is 0 Å². The van der Waals surface area contributed by atoms with Gasteiger partial charge in [0.05, 0.1) is 4.90 Å². The fourth-order valence-electron chi connectivity index (χ4n) is 2.50. The number of benzene rings is 2. The molecular formula is C18H18BrN5O2S. The van der Waals surface area contributed by atoms with Crippen LogP contribution in [-0.2, 0) is 16.6 Å². The van der Waals surface area contributed by atoms with Crippen LogP contribution in [0.5, 0.6) is 0 Å². The van der Waals surface area contributed by atoms with E-state index in [4.69, 9.17) is 5.14 Å². The molecule has 9 heteroatoms. The van der Waals surface area contributed by atoms with Gasteiger partial charge in [0, 0.05) is 22.8 Å². The molecule has 3 aromatic rings. The van der Waals surface area contributed by atoms with Crippen molar-refractivity contribution in [1.82, 2.24) is 9.97 Å². The second-order valence-electron chi connectivity index (χ2n) is 5.98. The molecule has 4 N–H and O–H groups in total. The van der Waals surface area contributed by atoms with Crippen LogP contribution in [0.2, 0.25) is 0 Å². The highest BCUT2D eigenvalue weighted by molar-refractivity contribution is 9.10. The van der Waals surface area contributed by atoms with Crippen molar-refractivity contribution in [2.45, 2.75) is 18.4 Å². The van der Waals surface area contributed by atoms with Gasteiger partial charge in [0.15, 0.2) is 0 Å². The molecule has 27 heavy (non-hydrogen) atoms. The lowest BCUT2D eigenvalue weighted by Gasteiger charge is -2.10. The summed E-state index contributed by atoms with van der Waals surface area (Å²) in [6, 6.07) is 14.2. The van der Waals surface area contributed by atoms with Crippen LogP contribution in [0.15, 0.2) is 64.2 Å². The number of hydrogen-bond acceptors (Lipinski definition) is 6. The van der Waals surface area contributed by atoms with Crippen molar-refractivity contribution >= 4 is 43.3 Å². The minimum atomic E-state index is -3.72. The van der Waals surface area contributed by atoms with E-state index in [9.17, 15) is 8.42 Å². The second kappa shape index (κ2) is 8.03. The first kappa shape index (κ1) is 19.3. The summed E-state index contributed by atoms with van der Waals surface area (Å²) in [5, 5.41) is 11.6. The summed E-state index contributed by atoms with van der Waals surface area (Å²) in [6.07, 6.45) is 1.45. The highest BCUT2D eigenvalue weighted by Crippen LogP contribution is 2.22. The molecule has 140 valence electrons. The molecule has 0 aliphatic rings. The van der Waals surface area contributed by atoms with Gasteiger partial charge in [0.2, 0.25) is 10.0 Å². The minimum Gasteiger partial charge on any atom is -0.366 e. The Bertz CT molecular complexity index is 1050. The SMILES string of the molecule is Cc1cc(Br)cc(Nc2cc(NCc3cccc(S(N)(=O)=O)c3)ncn2)c1. The van der Waals surface area contributed by atoms with E-state index in [0.717, 1.165) is 21.3 Å². The largest absolute Gasteiger partial charge is 0.366 e. The lowest BCUT2D eigenvalue weighted by molar-refractivity contribution is 0.597. The van der Waals surface area contributed by atoms with E-state index in [0.29, 0.717) is 18.2 Å². The zero-order valence-electron chi connectivity index (χ0n) is 14.5. The zero-order valence-corrected chi connectivity index (χ0v) is 16.9. The van der Waals surface area contributed by atoms with Crippen LogP contribution in [0.4, 0.5) is 17.3 Å². The highest BCUT2D eigenvalue weighted by atomic mass is 79.9. The van der Waals surface area contributed by atoms with Gasteiger partial charge in [-0.05, 0) is 48.4 Å². The van der Waals surface area contributed by atoms with E-state index >= 15 is 0 Å². The molecule has 1 heterocycles. The molecule has 0 saturated heterocycles. The van der Waals surface area contributed by atoms with Crippen LogP contribution < -0.4 is 15.8 Å². The van der Waals surface area contributed by atoms with Crippen LogP contribution in [0, 0.1) is 6.92 Å². The number of nitrogens with two attached hydrogens (primary N) is 1. The van der Waals surface area contributed by atoms with Crippen molar-refractivity contribution < 1.29 is 8.42 Å². The van der Waals surface area contributed by atoms with Gasteiger partial charge in [-0.25, -0.2) is 23.5 Å². The van der Waals surface area contributed by atoms with Crippen molar-refractivity contribution in [2.75, 3.05) is 10.6 Å². The Balaban J connectivity index is 1.71. The Labute approximate surface area is 166 Å². The standard InChI is InChI=1S/C18H18BrN5O2S/c1-12-5-14(19)8-15(6-12)24-18-9-17(22-11-23-18)21-10-13-3-2-4-16(7-13)27(20,25)26/h2-9,11H,10H2,1H3,(H2,20,25,26)(H2,21,22,23,24). The Morgan fingerprint density at radius 3 is 2.59 bits per heavy atom. The molecule has 0 aliphatic heterocycles. The van der Waals surface area contributed by atoms with Gasteiger partial charge >= 0.3 is 0 Å². The number of aryl methyl sites for hydroxylation is 1. The van der Waals surface area contributed by atoms with E-state index in [1.54, 1.807) is 12.1 Å². The summed E-state index contributed by atoms with van der Waals surface area (Å²) < 4.78 is 23.9. The maximum atomic E-state index is 11.5. The quantitative estimate of drug-likeness (QED) is 0.532. The number of hydrogen-bond donors (Lipinski definition) is 3.